The van der Waals surface area contributed by atoms with Gasteiger partial charge in [0.2, 0.25) is 5.91 Å². The van der Waals surface area contributed by atoms with Gasteiger partial charge in [-0.25, -0.2) is 0 Å². The fourth-order valence-electron chi connectivity index (χ4n) is 2.07. The van der Waals surface area contributed by atoms with Crippen molar-refractivity contribution in [3.05, 3.63) is 27.7 Å². The minimum Gasteiger partial charge on any atom is -0.323 e. The highest BCUT2D eigenvalue weighted by molar-refractivity contribution is 9.10. The molecule has 0 radical (unpaired) electrons. The molecule has 1 amide bonds. The Morgan fingerprint density at radius 1 is 1.41 bits per heavy atom. The predicted molar refractivity (Wildman–Crippen MR) is 73.2 cm³/mol. The molecule has 1 fully saturated rings. The molecule has 0 bridgehead atoms. The van der Waals surface area contributed by atoms with E-state index in [9.17, 15) is 4.79 Å². The van der Waals surface area contributed by atoms with Crippen molar-refractivity contribution >= 4 is 39.1 Å². The summed E-state index contributed by atoms with van der Waals surface area (Å²) in [6, 6.07) is 5.34. The molecular formula is C12H14BrClN2O. The van der Waals surface area contributed by atoms with Crippen LogP contribution in [0.2, 0.25) is 5.02 Å². The smallest absolute Gasteiger partial charge is 0.244 e. The summed E-state index contributed by atoms with van der Waals surface area (Å²) in [7, 11) is 0. The molecule has 0 aliphatic heterocycles. The minimum absolute atomic E-state index is 0.140. The fraction of sp³-hybridized carbons (Fsp3) is 0.417. The van der Waals surface area contributed by atoms with Gasteiger partial charge >= 0.3 is 0 Å². The van der Waals surface area contributed by atoms with E-state index < -0.39 is 5.54 Å². The van der Waals surface area contributed by atoms with Crippen LogP contribution in [0.15, 0.2) is 22.7 Å². The number of hydrogen-bond acceptors (Lipinski definition) is 2. The van der Waals surface area contributed by atoms with E-state index in [-0.39, 0.29) is 5.91 Å². The third kappa shape index (κ3) is 2.81. The number of nitrogens with two attached hydrogens (primary N) is 1. The molecule has 5 heteroatoms. The highest BCUT2D eigenvalue weighted by Gasteiger charge is 2.37. The molecule has 0 spiro atoms. The molecule has 0 heterocycles. The number of benzene rings is 1. The molecule has 17 heavy (non-hydrogen) atoms. The third-order valence-corrected chi connectivity index (χ3v) is 3.93. The van der Waals surface area contributed by atoms with Crippen molar-refractivity contribution in [3.63, 3.8) is 0 Å². The van der Waals surface area contributed by atoms with Crippen LogP contribution in [0.25, 0.3) is 0 Å². The molecule has 92 valence electrons. The zero-order chi connectivity index (χ0) is 12.5. The average Bonchev–Trinajstić information content (AvgIpc) is 2.71. The third-order valence-electron chi connectivity index (χ3n) is 3.13. The van der Waals surface area contributed by atoms with Crippen LogP contribution in [0.5, 0.6) is 0 Å². The molecule has 3 nitrogen and oxygen atoms in total. The molecule has 0 aromatic heterocycles. The second-order valence-electron chi connectivity index (χ2n) is 4.44. The maximum Gasteiger partial charge on any atom is 0.244 e. The molecule has 1 aromatic rings. The van der Waals surface area contributed by atoms with Crippen LogP contribution in [0.3, 0.4) is 0 Å². The number of carbonyl (C=O) groups is 1. The highest BCUT2D eigenvalue weighted by atomic mass is 79.9. The first-order chi connectivity index (χ1) is 8.01. The lowest BCUT2D eigenvalue weighted by Gasteiger charge is -2.22. The molecular weight excluding hydrogens is 304 g/mol. The predicted octanol–water partition coefficient (Wildman–Crippen LogP) is 3.31. The Balaban J connectivity index is 2.13. The number of amides is 1. The lowest BCUT2D eigenvalue weighted by Crippen LogP contribution is -2.48. The minimum atomic E-state index is -0.726. The van der Waals surface area contributed by atoms with Gasteiger partial charge < -0.3 is 11.1 Å². The number of carbonyl (C=O) groups excluding carboxylic acids is 1. The van der Waals surface area contributed by atoms with Crippen LogP contribution in [-0.4, -0.2) is 11.4 Å². The van der Waals surface area contributed by atoms with E-state index >= 15 is 0 Å². The molecule has 3 N–H and O–H groups in total. The van der Waals surface area contributed by atoms with Gasteiger partial charge in [-0.3, -0.25) is 4.79 Å². The maximum absolute atomic E-state index is 12.1. The standard InChI is InChI=1S/C12H14BrClN2O/c13-8-3-4-10(9(14)7-8)16-11(17)12(15)5-1-2-6-12/h3-4,7H,1-2,5-6,15H2,(H,16,17). The largest absolute Gasteiger partial charge is 0.323 e. The second kappa shape index (κ2) is 4.96. The second-order valence-corrected chi connectivity index (χ2v) is 5.76. The van der Waals surface area contributed by atoms with Crippen molar-refractivity contribution in [1.29, 1.82) is 0 Å². The topological polar surface area (TPSA) is 55.1 Å². The van der Waals surface area contributed by atoms with Crippen molar-refractivity contribution in [1.82, 2.24) is 0 Å². The lowest BCUT2D eigenvalue weighted by atomic mass is 9.98. The van der Waals surface area contributed by atoms with E-state index in [1.807, 2.05) is 6.07 Å². The van der Waals surface area contributed by atoms with E-state index in [1.165, 1.54) is 0 Å². The molecule has 1 aliphatic carbocycles. The SMILES string of the molecule is NC1(C(=O)Nc2ccc(Br)cc2Cl)CCCC1. The van der Waals surface area contributed by atoms with Crippen LogP contribution in [0.1, 0.15) is 25.7 Å². The van der Waals surface area contributed by atoms with E-state index in [4.69, 9.17) is 17.3 Å². The average molecular weight is 318 g/mol. The summed E-state index contributed by atoms with van der Waals surface area (Å²) in [6.45, 7) is 0. The highest BCUT2D eigenvalue weighted by Crippen LogP contribution is 2.30. The Kier molecular flexibility index (Phi) is 3.76. The molecule has 1 saturated carbocycles. The Labute approximate surface area is 114 Å². The summed E-state index contributed by atoms with van der Waals surface area (Å²) in [4.78, 5) is 12.1. The van der Waals surface area contributed by atoms with Crippen LogP contribution < -0.4 is 11.1 Å². The Morgan fingerprint density at radius 2 is 2.06 bits per heavy atom. The van der Waals surface area contributed by atoms with Gasteiger partial charge in [-0.1, -0.05) is 40.4 Å². The summed E-state index contributed by atoms with van der Waals surface area (Å²) in [6.07, 6.45) is 3.51. The Morgan fingerprint density at radius 3 is 2.65 bits per heavy atom. The number of hydrogen-bond donors (Lipinski definition) is 2. The van der Waals surface area contributed by atoms with Crippen molar-refractivity contribution in [2.45, 2.75) is 31.2 Å². The van der Waals surface area contributed by atoms with Gasteiger partial charge in [0.05, 0.1) is 16.2 Å². The molecule has 1 aliphatic rings. The van der Waals surface area contributed by atoms with Gasteiger partial charge in [-0.15, -0.1) is 0 Å². The molecule has 0 unspecified atom stereocenters. The zero-order valence-corrected chi connectivity index (χ0v) is 11.6. The number of anilines is 1. The molecule has 1 aromatic carbocycles. The van der Waals surface area contributed by atoms with Gasteiger partial charge in [0, 0.05) is 4.47 Å². The first-order valence-corrected chi connectivity index (χ1v) is 6.74. The Bertz CT molecular complexity index is 444. The molecule has 2 rings (SSSR count). The van der Waals surface area contributed by atoms with E-state index in [0.717, 1.165) is 30.2 Å². The van der Waals surface area contributed by atoms with Crippen molar-refractivity contribution < 1.29 is 4.79 Å². The first kappa shape index (κ1) is 12.9. The zero-order valence-electron chi connectivity index (χ0n) is 9.30. The van der Waals surface area contributed by atoms with Gasteiger partial charge in [0.25, 0.3) is 0 Å². The first-order valence-electron chi connectivity index (χ1n) is 5.57. The summed E-state index contributed by atoms with van der Waals surface area (Å²) in [5.74, 6) is -0.140. The van der Waals surface area contributed by atoms with E-state index in [0.29, 0.717) is 10.7 Å². The van der Waals surface area contributed by atoms with Crippen molar-refractivity contribution in [2.75, 3.05) is 5.32 Å². The van der Waals surface area contributed by atoms with Gasteiger partial charge in [-0.05, 0) is 31.0 Å². The summed E-state index contributed by atoms with van der Waals surface area (Å²) >= 11 is 9.36. The van der Waals surface area contributed by atoms with E-state index in [1.54, 1.807) is 12.1 Å². The number of rotatable bonds is 2. The quantitative estimate of drug-likeness (QED) is 0.879. The van der Waals surface area contributed by atoms with Gasteiger partial charge in [0.1, 0.15) is 0 Å². The van der Waals surface area contributed by atoms with Gasteiger partial charge in [0.15, 0.2) is 0 Å². The normalized spacial score (nSPS) is 18.1. The number of halogens is 2. The summed E-state index contributed by atoms with van der Waals surface area (Å²) in [5, 5.41) is 3.31. The van der Waals surface area contributed by atoms with Gasteiger partial charge in [-0.2, -0.15) is 0 Å². The van der Waals surface area contributed by atoms with E-state index in [2.05, 4.69) is 21.2 Å². The Hall–Kier alpha value is -0.580. The number of nitrogens with one attached hydrogen (secondary N) is 1. The monoisotopic (exact) mass is 316 g/mol. The van der Waals surface area contributed by atoms with Crippen molar-refractivity contribution in [2.24, 2.45) is 5.73 Å². The van der Waals surface area contributed by atoms with Crippen LogP contribution in [-0.2, 0) is 4.79 Å². The maximum atomic E-state index is 12.1. The fourth-order valence-corrected chi connectivity index (χ4v) is 2.79. The van der Waals surface area contributed by atoms with Crippen LogP contribution >= 0.6 is 27.5 Å². The summed E-state index contributed by atoms with van der Waals surface area (Å²) in [5.41, 5.74) is 5.95. The lowest BCUT2D eigenvalue weighted by molar-refractivity contribution is -0.121. The summed E-state index contributed by atoms with van der Waals surface area (Å²) < 4.78 is 0.879. The molecule has 0 saturated heterocycles. The molecule has 0 atom stereocenters. The van der Waals surface area contributed by atoms with Crippen molar-refractivity contribution in [3.8, 4) is 0 Å². The van der Waals surface area contributed by atoms with Crippen LogP contribution in [0, 0.1) is 0 Å². The van der Waals surface area contributed by atoms with Crippen LogP contribution in [0.4, 0.5) is 5.69 Å².